The van der Waals surface area contributed by atoms with Crippen LogP contribution in [0, 0.1) is 10.1 Å². The van der Waals surface area contributed by atoms with Gasteiger partial charge in [0.15, 0.2) is 0 Å². The minimum absolute atomic E-state index is 0.0271. The molecule has 0 bridgehead atoms. The molecule has 0 aliphatic carbocycles. The van der Waals surface area contributed by atoms with Gasteiger partial charge in [-0.3, -0.25) is 14.9 Å². The van der Waals surface area contributed by atoms with Gasteiger partial charge in [0.2, 0.25) is 5.91 Å². The van der Waals surface area contributed by atoms with E-state index in [0.29, 0.717) is 0 Å². The van der Waals surface area contributed by atoms with E-state index in [1.807, 2.05) is 37.3 Å². The van der Waals surface area contributed by atoms with E-state index >= 15 is 0 Å². The lowest BCUT2D eigenvalue weighted by molar-refractivity contribution is -0.384. The molecule has 0 saturated carbocycles. The molecule has 0 aromatic heterocycles. The largest absolute Gasteiger partial charge is 0.346 e. The van der Waals surface area contributed by atoms with Crippen LogP contribution in [0.2, 0.25) is 0 Å². The highest BCUT2D eigenvalue weighted by atomic mass is 16.6. The van der Waals surface area contributed by atoms with Crippen LogP contribution >= 0.6 is 0 Å². The number of carbonyl (C=O) groups excluding carboxylic acids is 1. The quantitative estimate of drug-likeness (QED) is 0.521. The first kappa shape index (κ1) is 15.4. The molecule has 1 unspecified atom stereocenters. The summed E-state index contributed by atoms with van der Waals surface area (Å²) in [4.78, 5) is 22.0. The van der Waals surface area contributed by atoms with E-state index in [4.69, 9.17) is 0 Å². The summed E-state index contributed by atoms with van der Waals surface area (Å²) in [6, 6.07) is 15.6. The van der Waals surface area contributed by atoms with Crippen molar-refractivity contribution in [3.63, 3.8) is 0 Å². The Morgan fingerprint density at radius 1 is 1.14 bits per heavy atom. The number of carbonyl (C=O) groups is 1. The normalized spacial score (nSPS) is 12.0. The topological polar surface area (TPSA) is 72.2 Å². The van der Waals surface area contributed by atoms with Gasteiger partial charge >= 0.3 is 0 Å². The van der Waals surface area contributed by atoms with Gasteiger partial charge in [-0.15, -0.1) is 0 Å². The molecule has 0 saturated heterocycles. The third-order valence-corrected chi connectivity index (χ3v) is 3.19. The van der Waals surface area contributed by atoms with Crippen LogP contribution in [0.5, 0.6) is 0 Å². The van der Waals surface area contributed by atoms with Gasteiger partial charge in [0, 0.05) is 18.2 Å². The van der Waals surface area contributed by atoms with Crippen molar-refractivity contribution in [3.8, 4) is 0 Å². The third-order valence-electron chi connectivity index (χ3n) is 3.19. The van der Waals surface area contributed by atoms with E-state index in [0.717, 1.165) is 11.1 Å². The Labute approximate surface area is 128 Å². The molecule has 0 aliphatic heterocycles. The monoisotopic (exact) mass is 296 g/mol. The molecule has 5 heteroatoms. The molecule has 0 fully saturated rings. The second kappa shape index (κ2) is 7.17. The van der Waals surface area contributed by atoms with Crippen molar-refractivity contribution >= 4 is 17.7 Å². The van der Waals surface area contributed by atoms with Gasteiger partial charge < -0.3 is 5.32 Å². The Hall–Kier alpha value is -2.95. The number of amides is 1. The molecule has 1 N–H and O–H groups in total. The predicted molar refractivity (Wildman–Crippen MR) is 85.1 cm³/mol. The fraction of sp³-hybridized carbons (Fsp3) is 0.118. The van der Waals surface area contributed by atoms with E-state index in [2.05, 4.69) is 5.32 Å². The summed E-state index contributed by atoms with van der Waals surface area (Å²) in [6.45, 7) is 1.91. The Morgan fingerprint density at radius 2 is 1.77 bits per heavy atom. The Bertz CT molecular complexity index is 679. The predicted octanol–water partition coefficient (Wildman–Crippen LogP) is 3.49. The maximum atomic E-state index is 11.9. The minimum Gasteiger partial charge on any atom is -0.346 e. The van der Waals surface area contributed by atoms with Crippen LogP contribution in [0.15, 0.2) is 60.7 Å². The van der Waals surface area contributed by atoms with Gasteiger partial charge in [0.1, 0.15) is 0 Å². The summed E-state index contributed by atoms with van der Waals surface area (Å²) in [5.41, 5.74) is 1.78. The molecule has 0 heterocycles. The Kier molecular flexibility index (Phi) is 5.03. The molecule has 0 spiro atoms. The molecule has 1 amide bonds. The van der Waals surface area contributed by atoms with Gasteiger partial charge in [-0.05, 0) is 36.3 Å². The average Bonchev–Trinajstić information content (AvgIpc) is 2.54. The number of benzene rings is 2. The summed E-state index contributed by atoms with van der Waals surface area (Å²) in [5.74, 6) is -0.213. The van der Waals surface area contributed by atoms with Crippen LogP contribution in [0.25, 0.3) is 6.08 Å². The van der Waals surface area contributed by atoms with Gasteiger partial charge in [-0.2, -0.15) is 0 Å². The van der Waals surface area contributed by atoms with Crippen molar-refractivity contribution in [3.05, 3.63) is 81.9 Å². The van der Waals surface area contributed by atoms with Crippen molar-refractivity contribution in [2.75, 3.05) is 0 Å². The molecular weight excluding hydrogens is 280 g/mol. The molecule has 0 radical (unpaired) electrons. The molecule has 2 aromatic rings. The number of non-ortho nitro benzene ring substituents is 1. The van der Waals surface area contributed by atoms with Crippen LogP contribution in [0.4, 0.5) is 5.69 Å². The molecule has 22 heavy (non-hydrogen) atoms. The molecule has 0 aliphatic rings. The lowest BCUT2D eigenvalue weighted by Gasteiger charge is -2.12. The second-order valence-corrected chi connectivity index (χ2v) is 4.82. The molecular formula is C17H16N2O3. The average molecular weight is 296 g/mol. The van der Waals surface area contributed by atoms with E-state index in [9.17, 15) is 14.9 Å². The van der Waals surface area contributed by atoms with E-state index in [1.165, 1.54) is 18.2 Å². The summed E-state index contributed by atoms with van der Waals surface area (Å²) < 4.78 is 0. The highest BCUT2D eigenvalue weighted by Crippen LogP contribution is 2.13. The standard InChI is InChI=1S/C17H16N2O3/c1-13(15-5-3-2-4-6-15)18-17(20)12-9-14-7-10-16(11-8-14)19(21)22/h2-13H,1H3,(H,18,20)/b12-9+. The van der Waals surface area contributed by atoms with E-state index < -0.39 is 4.92 Å². The smallest absolute Gasteiger partial charge is 0.269 e. The van der Waals surface area contributed by atoms with Crippen molar-refractivity contribution in [1.29, 1.82) is 0 Å². The third kappa shape index (κ3) is 4.28. The lowest BCUT2D eigenvalue weighted by Crippen LogP contribution is -2.24. The zero-order valence-electron chi connectivity index (χ0n) is 12.1. The fourth-order valence-electron chi connectivity index (χ4n) is 1.97. The first-order chi connectivity index (χ1) is 10.6. The van der Waals surface area contributed by atoms with Gasteiger partial charge in [-0.25, -0.2) is 0 Å². The first-order valence-electron chi connectivity index (χ1n) is 6.84. The SMILES string of the molecule is CC(NC(=O)/C=C/c1ccc([N+](=O)[O-])cc1)c1ccccc1. The Morgan fingerprint density at radius 3 is 2.36 bits per heavy atom. The fourth-order valence-corrected chi connectivity index (χ4v) is 1.97. The summed E-state index contributed by atoms with van der Waals surface area (Å²) in [6.07, 6.45) is 3.04. The molecule has 1 atom stereocenters. The van der Waals surface area contributed by atoms with Crippen LogP contribution in [-0.2, 0) is 4.79 Å². The molecule has 2 aromatic carbocycles. The highest BCUT2D eigenvalue weighted by molar-refractivity contribution is 5.92. The van der Waals surface area contributed by atoms with Crippen LogP contribution in [0.3, 0.4) is 0 Å². The zero-order valence-corrected chi connectivity index (χ0v) is 12.1. The molecule has 112 valence electrons. The number of rotatable bonds is 5. The van der Waals surface area contributed by atoms with Crippen molar-refractivity contribution in [1.82, 2.24) is 5.32 Å². The number of hydrogen-bond donors (Lipinski definition) is 1. The molecule has 2 rings (SSSR count). The van der Waals surface area contributed by atoms with Crippen LogP contribution in [0.1, 0.15) is 24.1 Å². The van der Waals surface area contributed by atoms with E-state index in [1.54, 1.807) is 18.2 Å². The maximum absolute atomic E-state index is 11.9. The number of hydrogen-bond acceptors (Lipinski definition) is 3. The second-order valence-electron chi connectivity index (χ2n) is 4.82. The maximum Gasteiger partial charge on any atom is 0.269 e. The van der Waals surface area contributed by atoms with E-state index in [-0.39, 0.29) is 17.6 Å². The summed E-state index contributed by atoms with van der Waals surface area (Å²) >= 11 is 0. The van der Waals surface area contributed by atoms with Crippen molar-refractivity contribution in [2.24, 2.45) is 0 Å². The number of nitrogens with one attached hydrogen (secondary N) is 1. The highest BCUT2D eigenvalue weighted by Gasteiger charge is 2.06. The van der Waals surface area contributed by atoms with Crippen molar-refractivity contribution < 1.29 is 9.72 Å². The van der Waals surface area contributed by atoms with Gasteiger partial charge in [-0.1, -0.05) is 30.3 Å². The Balaban J connectivity index is 1.95. The summed E-state index contributed by atoms with van der Waals surface area (Å²) in [5, 5.41) is 13.4. The van der Waals surface area contributed by atoms with Crippen LogP contribution < -0.4 is 5.32 Å². The van der Waals surface area contributed by atoms with Gasteiger partial charge in [0.05, 0.1) is 11.0 Å². The number of nitro benzene ring substituents is 1. The summed E-state index contributed by atoms with van der Waals surface area (Å²) in [7, 11) is 0. The lowest BCUT2D eigenvalue weighted by atomic mass is 10.1. The van der Waals surface area contributed by atoms with Crippen molar-refractivity contribution in [2.45, 2.75) is 13.0 Å². The van der Waals surface area contributed by atoms with Crippen LogP contribution in [-0.4, -0.2) is 10.8 Å². The molecule has 5 nitrogen and oxygen atoms in total. The number of nitrogens with zero attached hydrogens (tertiary/aromatic N) is 1. The van der Waals surface area contributed by atoms with Gasteiger partial charge in [0.25, 0.3) is 5.69 Å². The number of nitro groups is 1. The minimum atomic E-state index is -0.457. The first-order valence-corrected chi connectivity index (χ1v) is 6.84. The zero-order chi connectivity index (χ0) is 15.9.